The molecule has 0 aromatic heterocycles. The number of nitro groups is 1. The summed E-state index contributed by atoms with van der Waals surface area (Å²) in [5.41, 5.74) is 1.49. The van der Waals surface area contributed by atoms with Gasteiger partial charge in [0.05, 0.1) is 16.2 Å². The summed E-state index contributed by atoms with van der Waals surface area (Å²) >= 11 is 0. The van der Waals surface area contributed by atoms with Gasteiger partial charge in [-0.3, -0.25) is 14.9 Å². The molecule has 0 saturated heterocycles. The number of nitrogens with one attached hydrogen (secondary N) is 1. The number of carbonyl (C=O) groups is 1. The SMILES string of the molecule is CNCCCC(=O)N1CCc2c1cccc2[N+](=O)[O-]. The number of amides is 1. The Kier molecular flexibility index (Phi) is 4.11. The van der Waals surface area contributed by atoms with Gasteiger partial charge in [-0.05, 0) is 32.5 Å². The molecule has 102 valence electrons. The first kappa shape index (κ1) is 13.5. The maximum absolute atomic E-state index is 12.1. The highest BCUT2D eigenvalue weighted by Crippen LogP contribution is 2.35. The van der Waals surface area contributed by atoms with Crippen molar-refractivity contribution in [2.24, 2.45) is 0 Å². The molecule has 0 atom stereocenters. The number of anilines is 1. The van der Waals surface area contributed by atoms with Gasteiger partial charge in [0.1, 0.15) is 0 Å². The van der Waals surface area contributed by atoms with E-state index < -0.39 is 0 Å². The molecule has 1 heterocycles. The Morgan fingerprint density at radius 3 is 3.00 bits per heavy atom. The van der Waals surface area contributed by atoms with E-state index in [0.29, 0.717) is 30.6 Å². The zero-order valence-electron chi connectivity index (χ0n) is 10.9. The summed E-state index contributed by atoms with van der Waals surface area (Å²) in [5, 5.41) is 13.9. The third-order valence-corrected chi connectivity index (χ3v) is 3.32. The number of fused-ring (bicyclic) bond motifs is 1. The van der Waals surface area contributed by atoms with Gasteiger partial charge in [0.15, 0.2) is 0 Å². The second-order valence-electron chi connectivity index (χ2n) is 4.53. The van der Waals surface area contributed by atoms with E-state index >= 15 is 0 Å². The number of carbonyl (C=O) groups excluding carboxylic acids is 1. The molecule has 1 aliphatic heterocycles. The number of nitro benzene ring substituents is 1. The summed E-state index contributed by atoms with van der Waals surface area (Å²) in [7, 11) is 1.85. The topological polar surface area (TPSA) is 75.5 Å². The van der Waals surface area contributed by atoms with Crippen LogP contribution < -0.4 is 10.2 Å². The first-order valence-corrected chi connectivity index (χ1v) is 6.36. The summed E-state index contributed by atoms with van der Waals surface area (Å²) in [4.78, 5) is 24.3. The monoisotopic (exact) mass is 263 g/mol. The largest absolute Gasteiger partial charge is 0.320 e. The predicted molar refractivity (Wildman–Crippen MR) is 72.3 cm³/mol. The Labute approximate surface area is 111 Å². The molecule has 1 aliphatic rings. The van der Waals surface area contributed by atoms with Crippen molar-refractivity contribution in [1.29, 1.82) is 0 Å². The smallest absolute Gasteiger partial charge is 0.274 e. The summed E-state index contributed by atoms with van der Waals surface area (Å²) in [6, 6.07) is 4.91. The van der Waals surface area contributed by atoms with E-state index in [9.17, 15) is 14.9 Å². The van der Waals surface area contributed by atoms with Crippen molar-refractivity contribution in [3.63, 3.8) is 0 Å². The molecule has 1 aromatic rings. The quantitative estimate of drug-likeness (QED) is 0.496. The fourth-order valence-corrected chi connectivity index (χ4v) is 2.40. The molecule has 1 aromatic carbocycles. The van der Waals surface area contributed by atoms with Crippen LogP contribution in [0.1, 0.15) is 18.4 Å². The van der Waals surface area contributed by atoms with Crippen molar-refractivity contribution >= 4 is 17.3 Å². The van der Waals surface area contributed by atoms with Crippen LogP contribution >= 0.6 is 0 Å². The van der Waals surface area contributed by atoms with E-state index in [1.54, 1.807) is 17.0 Å². The lowest BCUT2D eigenvalue weighted by atomic mass is 10.1. The number of nitrogens with zero attached hydrogens (tertiary/aromatic N) is 2. The number of rotatable bonds is 5. The highest BCUT2D eigenvalue weighted by Gasteiger charge is 2.29. The van der Waals surface area contributed by atoms with E-state index in [1.165, 1.54) is 6.07 Å². The van der Waals surface area contributed by atoms with Gasteiger partial charge < -0.3 is 10.2 Å². The lowest BCUT2D eigenvalue weighted by Crippen LogP contribution is -2.29. The summed E-state index contributed by atoms with van der Waals surface area (Å²) in [5.74, 6) is 0.0366. The van der Waals surface area contributed by atoms with E-state index in [1.807, 2.05) is 7.05 Å². The van der Waals surface area contributed by atoms with Crippen LogP contribution in [0.5, 0.6) is 0 Å². The molecule has 1 N–H and O–H groups in total. The number of benzene rings is 1. The Morgan fingerprint density at radius 2 is 2.32 bits per heavy atom. The third kappa shape index (κ3) is 2.73. The van der Waals surface area contributed by atoms with Gasteiger partial charge >= 0.3 is 0 Å². The normalized spacial score (nSPS) is 13.4. The lowest BCUT2D eigenvalue weighted by Gasteiger charge is -2.17. The minimum Gasteiger partial charge on any atom is -0.320 e. The fraction of sp³-hybridized carbons (Fsp3) is 0.462. The highest BCUT2D eigenvalue weighted by molar-refractivity contribution is 5.96. The summed E-state index contributed by atoms with van der Waals surface area (Å²) < 4.78 is 0. The average molecular weight is 263 g/mol. The van der Waals surface area contributed by atoms with Crippen LogP contribution in [0.15, 0.2) is 18.2 Å². The van der Waals surface area contributed by atoms with Crippen molar-refractivity contribution in [2.75, 3.05) is 25.0 Å². The van der Waals surface area contributed by atoms with Crippen molar-refractivity contribution in [2.45, 2.75) is 19.3 Å². The molecule has 0 saturated carbocycles. The average Bonchev–Trinajstić information content (AvgIpc) is 2.82. The lowest BCUT2D eigenvalue weighted by molar-refractivity contribution is -0.385. The van der Waals surface area contributed by atoms with Crippen LogP contribution in [0.4, 0.5) is 11.4 Å². The molecular weight excluding hydrogens is 246 g/mol. The Bertz CT molecular complexity index is 502. The minimum atomic E-state index is -0.381. The van der Waals surface area contributed by atoms with Gasteiger partial charge in [-0.15, -0.1) is 0 Å². The predicted octanol–water partition coefficient (Wildman–Crippen LogP) is 1.48. The van der Waals surface area contributed by atoms with Crippen LogP contribution in [-0.4, -0.2) is 31.0 Å². The summed E-state index contributed by atoms with van der Waals surface area (Å²) in [6.45, 7) is 1.33. The van der Waals surface area contributed by atoms with Crippen molar-refractivity contribution in [3.8, 4) is 0 Å². The summed E-state index contributed by atoms with van der Waals surface area (Å²) in [6.07, 6.45) is 1.79. The van der Waals surface area contributed by atoms with E-state index in [-0.39, 0.29) is 16.5 Å². The standard InChI is InChI=1S/C13H17N3O3/c1-14-8-3-6-13(17)15-9-7-10-11(15)4-2-5-12(10)16(18)19/h2,4-5,14H,3,6-9H2,1H3. The van der Waals surface area contributed by atoms with Gasteiger partial charge in [-0.1, -0.05) is 6.07 Å². The van der Waals surface area contributed by atoms with Gasteiger partial charge in [0, 0.05) is 19.0 Å². The second kappa shape index (κ2) is 5.79. The van der Waals surface area contributed by atoms with Crippen LogP contribution in [0.25, 0.3) is 0 Å². The molecule has 1 amide bonds. The Hall–Kier alpha value is -1.95. The van der Waals surface area contributed by atoms with Crippen LogP contribution in [-0.2, 0) is 11.2 Å². The van der Waals surface area contributed by atoms with Gasteiger partial charge in [0.25, 0.3) is 5.69 Å². The van der Waals surface area contributed by atoms with Crippen molar-refractivity contribution < 1.29 is 9.72 Å². The highest BCUT2D eigenvalue weighted by atomic mass is 16.6. The molecule has 0 aliphatic carbocycles. The maximum atomic E-state index is 12.1. The molecule has 0 radical (unpaired) electrons. The molecule has 0 fully saturated rings. The molecule has 6 heteroatoms. The van der Waals surface area contributed by atoms with Crippen LogP contribution in [0.3, 0.4) is 0 Å². The first-order chi connectivity index (χ1) is 9.15. The van der Waals surface area contributed by atoms with E-state index in [4.69, 9.17) is 0 Å². The molecule has 0 unspecified atom stereocenters. The molecular formula is C13H17N3O3. The fourth-order valence-electron chi connectivity index (χ4n) is 2.40. The zero-order chi connectivity index (χ0) is 13.8. The second-order valence-corrected chi connectivity index (χ2v) is 4.53. The molecule has 6 nitrogen and oxygen atoms in total. The Morgan fingerprint density at radius 1 is 1.53 bits per heavy atom. The van der Waals surface area contributed by atoms with Gasteiger partial charge in [0.2, 0.25) is 5.91 Å². The number of hydrogen-bond donors (Lipinski definition) is 1. The Balaban J connectivity index is 2.16. The molecule has 0 spiro atoms. The number of hydrogen-bond acceptors (Lipinski definition) is 4. The first-order valence-electron chi connectivity index (χ1n) is 6.36. The van der Waals surface area contributed by atoms with Gasteiger partial charge in [-0.25, -0.2) is 0 Å². The van der Waals surface area contributed by atoms with Crippen LogP contribution in [0.2, 0.25) is 0 Å². The van der Waals surface area contributed by atoms with Gasteiger partial charge in [-0.2, -0.15) is 0 Å². The van der Waals surface area contributed by atoms with Crippen LogP contribution in [0, 0.1) is 10.1 Å². The maximum Gasteiger partial charge on any atom is 0.274 e. The molecule has 0 bridgehead atoms. The zero-order valence-corrected chi connectivity index (χ0v) is 10.9. The van der Waals surface area contributed by atoms with Crippen molar-refractivity contribution in [1.82, 2.24) is 5.32 Å². The minimum absolute atomic E-state index is 0.0366. The molecule has 2 rings (SSSR count). The van der Waals surface area contributed by atoms with E-state index in [2.05, 4.69) is 5.32 Å². The third-order valence-electron chi connectivity index (χ3n) is 3.32. The molecule has 19 heavy (non-hydrogen) atoms. The van der Waals surface area contributed by atoms with Crippen molar-refractivity contribution in [3.05, 3.63) is 33.9 Å². The van der Waals surface area contributed by atoms with E-state index in [0.717, 1.165) is 13.0 Å².